The Kier molecular flexibility index (Phi) is 10.7. The maximum atomic E-state index is 14.9. The molecule has 0 radical (unpaired) electrons. The van der Waals surface area contributed by atoms with Crippen LogP contribution in [0.3, 0.4) is 0 Å². The number of rotatable bonds is 11. The Balaban J connectivity index is 1.76. The van der Waals surface area contributed by atoms with Crippen molar-refractivity contribution in [2.24, 2.45) is 11.8 Å². The minimum atomic E-state index is -1.72. The van der Waals surface area contributed by atoms with Crippen molar-refractivity contribution in [1.29, 1.82) is 0 Å². The predicted octanol–water partition coefficient (Wildman–Crippen LogP) is 2.63. The van der Waals surface area contributed by atoms with Crippen LogP contribution in [0.1, 0.15) is 63.9 Å². The summed E-state index contributed by atoms with van der Waals surface area (Å²) in [6.45, 7) is 2.71. The standard InChI is InChI=1S/C27H42F2N4O4/c1-18(34)31-14-7-13-27(37,21-11-5-12-22(28)24(21)29)20-10-6-15-33(17-20)26(36)32-23(16-30-2)25(35)19-8-3-4-9-19/h5,11-12,19-20,23,25,30,35,37H,3-4,6-10,13-17H2,1-2H3,(H,31,34)(H,32,36)/t20-,23-,25?,27+/m1/s1. The molecule has 1 heterocycles. The summed E-state index contributed by atoms with van der Waals surface area (Å²) in [5.74, 6) is -2.74. The van der Waals surface area contributed by atoms with E-state index in [0.29, 0.717) is 32.4 Å². The topological polar surface area (TPSA) is 114 Å². The molecule has 1 aliphatic heterocycles. The van der Waals surface area contributed by atoms with Gasteiger partial charge in [0.25, 0.3) is 0 Å². The second kappa shape index (κ2) is 13.5. The molecular formula is C27H42F2N4O4. The summed E-state index contributed by atoms with van der Waals surface area (Å²) in [6.07, 6.45) is 4.93. The molecule has 1 saturated carbocycles. The number of hydrogen-bond donors (Lipinski definition) is 5. The van der Waals surface area contributed by atoms with Crippen molar-refractivity contribution < 1.29 is 28.6 Å². The Bertz CT molecular complexity index is 914. The number of piperidine rings is 1. The van der Waals surface area contributed by atoms with Crippen molar-refractivity contribution in [1.82, 2.24) is 20.9 Å². The van der Waals surface area contributed by atoms with Crippen LogP contribution in [-0.4, -0.2) is 72.4 Å². The van der Waals surface area contributed by atoms with Crippen molar-refractivity contribution in [3.05, 3.63) is 35.4 Å². The highest BCUT2D eigenvalue weighted by Gasteiger charge is 2.43. The van der Waals surface area contributed by atoms with E-state index in [1.165, 1.54) is 19.1 Å². The lowest BCUT2D eigenvalue weighted by Crippen LogP contribution is -2.57. The van der Waals surface area contributed by atoms with Gasteiger partial charge < -0.3 is 31.1 Å². The van der Waals surface area contributed by atoms with Crippen molar-refractivity contribution in [3.63, 3.8) is 0 Å². The third kappa shape index (κ3) is 7.39. The average Bonchev–Trinajstić information content (AvgIpc) is 3.42. The fourth-order valence-corrected chi connectivity index (χ4v) is 5.92. The molecule has 5 N–H and O–H groups in total. The quantitative estimate of drug-likeness (QED) is 0.286. The number of aliphatic hydroxyl groups excluding tert-OH is 1. The minimum absolute atomic E-state index is 0.0938. The van der Waals surface area contributed by atoms with Gasteiger partial charge in [-0.25, -0.2) is 13.6 Å². The second-order valence-corrected chi connectivity index (χ2v) is 10.5. The number of amides is 3. The molecule has 1 saturated heterocycles. The first-order chi connectivity index (χ1) is 17.7. The molecule has 2 fully saturated rings. The molecule has 0 spiro atoms. The number of likely N-dealkylation sites (N-methyl/N-ethyl adjacent to an activating group) is 1. The molecule has 3 amide bonds. The molecule has 1 aromatic rings. The molecule has 3 rings (SSSR count). The molecular weight excluding hydrogens is 482 g/mol. The average molecular weight is 525 g/mol. The van der Waals surface area contributed by atoms with Crippen molar-refractivity contribution >= 4 is 11.9 Å². The number of hydrogen-bond acceptors (Lipinski definition) is 5. The lowest BCUT2D eigenvalue weighted by Gasteiger charge is -2.43. The van der Waals surface area contributed by atoms with E-state index in [1.807, 2.05) is 0 Å². The third-order valence-electron chi connectivity index (χ3n) is 7.94. The lowest BCUT2D eigenvalue weighted by atomic mass is 9.74. The first-order valence-electron chi connectivity index (χ1n) is 13.5. The first-order valence-corrected chi connectivity index (χ1v) is 13.5. The smallest absolute Gasteiger partial charge is 0.317 e. The SMILES string of the molecule is CNC[C@@H](NC(=O)N1CCC[C@@H]([C@@](O)(CCCNC(C)=O)c2cccc(F)c2F)C1)C(O)C1CCCC1. The van der Waals surface area contributed by atoms with Crippen LogP contribution < -0.4 is 16.0 Å². The molecule has 208 valence electrons. The Morgan fingerprint density at radius 1 is 1.19 bits per heavy atom. The van der Waals surface area contributed by atoms with Crippen molar-refractivity contribution in [2.75, 3.05) is 33.2 Å². The van der Waals surface area contributed by atoms with Gasteiger partial charge in [-0.2, -0.15) is 0 Å². The lowest BCUT2D eigenvalue weighted by molar-refractivity contribution is -0.119. The van der Waals surface area contributed by atoms with E-state index in [2.05, 4.69) is 16.0 Å². The first kappa shape index (κ1) is 29.3. The van der Waals surface area contributed by atoms with Gasteiger partial charge in [0.15, 0.2) is 11.6 Å². The van der Waals surface area contributed by atoms with Crippen molar-refractivity contribution in [3.8, 4) is 0 Å². The molecule has 4 atom stereocenters. The van der Waals surface area contributed by atoms with Crippen molar-refractivity contribution in [2.45, 2.75) is 76.0 Å². The zero-order valence-electron chi connectivity index (χ0n) is 21.9. The third-order valence-corrected chi connectivity index (χ3v) is 7.94. The van der Waals surface area contributed by atoms with Gasteiger partial charge in [0.2, 0.25) is 5.91 Å². The highest BCUT2D eigenvalue weighted by atomic mass is 19.2. The van der Waals surface area contributed by atoms with E-state index in [0.717, 1.165) is 31.7 Å². The van der Waals surface area contributed by atoms with E-state index < -0.39 is 35.3 Å². The van der Waals surface area contributed by atoms with E-state index in [9.17, 15) is 28.6 Å². The monoisotopic (exact) mass is 524 g/mol. The minimum Gasteiger partial charge on any atom is -0.391 e. The summed E-state index contributed by atoms with van der Waals surface area (Å²) in [7, 11) is 1.77. The number of aliphatic hydroxyl groups is 2. The van der Waals surface area contributed by atoms with Crippen LogP contribution in [0.2, 0.25) is 0 Å². The van der Waals surface area contributed by atoms with Crippen LogP contribution in [0.4, 0.5) is 13.6 Å². The van der Waals surface area contributed by atoms with Crippen LogP contribution in [-0.2, 0) is 10.4 Å². The Hall–Kier alpha value is -2.30. The number of urea groups is 1. The van der Waals surface area contributed by atoms with E-state index >= 15 is 0 Å². The molecule has 10 heteroatoms. The fourth-order valence-electron chi connectivity index (χ4n) is 5.92. The number of halogens is 2. The number of nitrogens with zero attached hydrogens (tertiary/aromatic N) is 1. The normalized spacial score (nSPS) is 21.8. The summed E-state index contributed by atoms with van der Waals surface area (Å²) < 4.78 is 29.1. The zero-order chi connectivity index (χ0) is 27.0. The molecule has 1 aliphatic carbocycles. The second-order valence-electron chi connectivity index (χ2n) is 10.5. The van der Waals surface area contributed by atoms with Crippen LogP contribution in [0, 0.1) is 23.5 Å². The number of likely N-dealkylation sites (tertiary alicyclic amines) is 1. The molecule has 8 nitrogen and oxygen atoms in total. The van der Waals surface area contributed by atoms with E-state index in [-0.39, 0.29) is 42.9 Å². The maximum absolute atomic E-state index is 14.9. The molecule has 37 heavy (non-hydrogen) atoms. The number of nitrogens with one attached hydrogen (secondary N) is 3. The van der Waals surface area contributed by atoms with E-state index in [1.54, 1.807) is 11.9 Å². The summed E-state index contributed by atoms with van der Waals surface area (Å²) in [4.78, 5) is 26.1. The van der Waals surface area contributed by atoms with Gasteiger partial charge in [-0.05, 0) is 57.6 Å². The number of carbonyl (C=O) groups excluding carboxylic acids is 2. The summed E-state index contributed by atoms with van der Waals surface area (Å²) in [6, 6.07) is 2.96. The van der Waals surface area contributed by atoms with Gasteiger partial charge >= 0.3 is 6.03 Å². The van der Waals surface area contributed by atoms with Gasteiger partial charge in [-0.15, -0.1) is 0 Å². The van der Waals surface area contributed by atoms with Gasteiger partial charge in [-0.3, -0.25) is 4.79 Å². The highest BCUT2D eigenvalue weighted by molar-refractivity contribution is 5.75. The Morgan fingerprint density at radius 2 is 1.92 bits per heavy atom. The number of carbonyl (C=O) groups is 2. The van der Waals surface area contributed by atoms with Crippen LogP contribution >= 0.6 is 0 Å². The molecule has 2 aliphatic rings. The van der Waals surface area contributed by atoms with Gasteiger partial charge in [-0.1, -0.05) is 25.0 Å². The Labute approximate surface area is 218 Å². The molecule has 1 aromatic carbocycles. The van der Waals surface area contributed by atoms with Gasteiger partial charge in [0, 0.05) is 44.6 Å². The summed E-state index contributed by atoms with van der Waals surface area (Å²) in [5, 5.41) is 31.4. The summed E-state index contributed by atoms with van der Waals surface area (Å²) >= 11 is 0. The summed E-state index contributed by atoms with van der Waals surface area (Å²) in [5.41, 5.74) is -1.86. The van der Waals surface area contributed by atoms with Crippen LogP contribution in [0.5, 0.6) is 0 Å². The molecule has 1 unspecified atom stereocenters. The molecule has 0 aromatic heterocycles. The molecule has 0 bridgehead atoms. The van der Waals surface area contributed by atoms with Gasteiger partial charge in [0.05, 0.1) is 17.7 Å². The van der Waals surface area contributed by atoms with E-state index in [4.69, 9.17) is 0 Å². The zero-order valence-corrected chi connectivity index (χ0v) is 21.9. The number of benzene rings is 1. The maximum Gasteiger partial charge on any atom is 0.317 e. The highest BCUT2D eigenvalue weighted by Crippen LogP contribution is 2.41. The largest absolute Gasteiger partial charge is 0.391 e. The van der Waals surface area contributed by atoms with Crippen LogP contribution in [0.25, 0.3) is 0 Å². The van der Waals surface area contributed by atoms with Gasteiger partial charge in [0.1, 0.15) is 0 Å². The Morgan fingerprint density at radius 3 is 2.59 bits per heavy atom. The fraction of sp³-hybridized carbons (Fsp3) is 0.704. The predicted molar refractivity (Wildman–Crippen MR) is 137 cm³/mol. The van der Waals surface area contributed by atoms with Crippen LogP contribution in [0.15, 0.2) is 18.2 Å².